The molecule has 0 heterocycles. The molecule has 0 radical (unpaired) electrons. The molecule has 1 rings (SSSR count). The molecule has 0 spiro atoms. The van der Waals surface area contributed by atoms with Crippen LogP contribution < -0.4 is 40.0 Å². The van der Waals surface area contributed by atoms with Gasteiger partial charge in [0.05, 0.1) is 22.6 Å². The number of halogens is 1. The van der Waals surface area contributed by atoms with Crippen molar-refractivity contribution in [3.8, 4) is 0 Å². The molecule has 0 saturated heterocycles. The molecule has 1 aromatic rings. The van der Waals surface area contributed by atoms with Crippen LogP contribution in [0.25, 0.3) is 0 Å². The summed E-state index contributed by atoms with van der Waals surface area (Å²) in [5.74, 6) is -2.08. The molecule has 6 heteroatoms. The molecule has 18 heavy (non-hydrogen) atoms. The van der Waals surface area contributed by atoms with Crippen molar-refractivity contribution >= 4 is 23.5 Å². The van der Waals surface area contributed by atoms with Crippen molar-refractivity contribution in [3.63, 3.8) is 0 Å². The van der Waals surface area contributed by atoms with E-state index in [0.29, 0.717) is 0 Å². The second-order valence-corrected chi connectivity index (χ2v) is 4.40. The number of carboxylic acid groups (broad SMARTS) is 1. The zero-order valence-electron chi connectivity index (χ0n) is 10.6. The van der Waals surface area contributed by atoms with Crippen LogP contribution in [0.1, 0.15) is 24.2 Å². The SMILES string of the molecule is CC(C)C(NC(=O)c1ccccc1Cl)C(=O)[O-].[Na+]. The van der Waals surface area contributed by atoms with E-state index < -0.39 is 17.9 Å². The van der Waals surface area contributed by atoms with Crippen molar-refractivity contribution in [2.45, 2.75) is 19.9 Å². The van der Waals surface area contributed by atoms with Crippen molar-refractivity contribution in [3.05, 3.63) is 34.9 Å². The Labute approximate surface area is 133 Å². The zero-order valence-corrected chi connectivity index (χ0v) is 13.3. The fourth-order valence-electron chi connectivity index (χ4n) is 1.36. The molecular formula is C12H13ClNNaO3. The molecule has 0 aromatic heterocycles. The standard InChI is InChI=1S/C12H14ClNO3.Na/c1-7(2)10(12(16)17)14-11(15)8-5-3-4-6-9(8)13;/h3-7,10H,1-2H3,(H,14,15)(H,16,17);/q;+1/p-1. The monoisotopic (exact) mass is 277 g/mol. The quantitative estimate of drug-likeness (QED) is 0.638. The van der Waals surface area contributed by atoms with Gasteiger partial charge in [0, 0.05) is 0 Å². The average Bonchev–Trinajstić information content (AvgIpc) is 2.25. The van der Waals surface area contributed by atoms with Gasteiger partial charge in [-0.1, -0.05) is 37.6 Å². The molecule has 0 aliphatic carbocycles. The number of nitrogens with one attached hydrogen (secondary N) is 1. The van der Waals surface area contributed by atoms with Crippen LogP contribution in [0.5, 0.6) is 0 Å². The molecule has 92 valence electrons. The Bertz CT molecular complexity index is 437. The third kappa shape index (κ3) is 4.61. The summed E-state index contributed by atoms with van der Waals surface area (Å²) < 4.78 is 0. The van der Waals surface area contributed by atoms with Gasteiger partial charge in [0.2, 0.25) is 0 Å². The maximum atomic E-state index is 11.8. The predicted octanol–water partition coefficient (Wildman–Crippen LogP) is -2.15. The van der Waals surface area contributed by atoms with Crippen LogP contribution >= 0.6 is 11.6 Å². The Hall–Kier alpha value is -0.550. The van der Waals surface area contributed by atoms with E-state index in [-0.39, 0.29) is 46.1 Å². The first-order valence-corrected chi connectivity index (χ1v) is 5.57. The minimum Gasteiger partial charge on any atom is -0.548 e. The third-order valence-corrected chi connectivity index (χ3v) is 2.66. The fourth-order valence-corrected chi connectivity index (χ4v) is 1.58. The van der Waals surface area contributed by atoms with E-state index in [1.165, 1.54) is 6.07 Å². The van der Waals surface area contributed by atoms with E-state index in [9.17, 15) is 14.7 Å². The van der Waals surface area contributed by atoms with Gasteiger partial charge in [-0.05, 0) is 18.1 Å². The summed E-state index contributed by atoms with van der Waals surface area (Å²) in [5.41, 5.74) is 0.251. The van der Waals surface area contributed by atoms with Gasteiger partial charge in [0.1, 0.15) is 0 Å². The second-order valence-electron chi connectivity index (χ2n) is 3.99. The average molecular weight is 278 g/mol. The van der Waals surface area contributed by atoms with E-state index in [2.05, 4.69) is 5.32 Å². The first kappa shape index (κ1) is 17.4. The van der Waals surface area contributed by atoms with Crippen molar-refractivity contribution < 1.29 is 44.3 Å². The molecule has 1 unspecified atom stereocenters. The predicted molar refractivity (Wildman–Crippen MR) is 62.6 cm³/mol. The number of carbonyl (C=O) groups excluding carboxylic acids is 2. The Morgan fingerprint density at radius 1 is 1.28 bits per heavy atom. The summed E-state index contributed by atoms with van der Waals surface area (Å²) in [5, 5.41) is 13.5. The molecular weight excluding hydrogens is 265 g/mol. The number of rotatable bonds is 4. The van der Waals surface area contributed by atoms with Crippen LogP contribution in [0.15, 0.2) is 24.3 Å². The number of benzene rings is 1. The summed E-state index contributed by atoms with van der Waals surface area (Å²) in [6.07, 6.45) is 0. The fraction of sp³-hybridized carbons (Fsp3) is 0.333. The Morgan fingerprint density at radius 3 is 2.28 bits per heavy atom. The maximum Gasteiger partial charge on any atom is 1.00 e. The number of carboxylic acids is 1. The van der Waals surface area contributed by atoms with Gasteiger partial charge in [0.25, 0.3) is 5.91 Å². The maximum absolute atomic E-state index is 11.8. The summed E-state index contributed by atoms with van der Waals surface area (Å²) in [4.78, 5) is 22.6. The third-order valence-electron chi connectivity index (χ3n) is 2.33. The topological polar surface area (TPSA) is 69.2 Å². The van der Waals surface area contributed by atoms with Crippen molar-refractivity contribution in [2.75, 3.05) is 0 Å². The van der Waals surface area contributed by atoms with Gasteiger partial charge >= 0.3 is 29.6 Å². The van der Waals surface area contributed by atoms with Crippen molar-refractivity contribution in [2.24, 2.45) is 5.92 Å². The summed E-state index contributed by atoms with van der Waals surface area (Å²) >= 11 is 5.84. The van der Waals surface area contributed by atoms with Crippen molar-refractivity contribution in [1.29, 1.82) is 0 Å². The largest absolute Gasteiger partial charge is 1.00 e. The van der Waals surface area contributed by atoms with Crippen LogP contribution in [0.4, 0.5) is 0 Å². The molecule has 0 saturated carbocycles. The van der Waals surface area contributed by atoms with Crippen LogP contribution in [-0.2, 0) is 4.79 Å². The molecule has 0 aliphatic rings. The van der Waals surface area contributed by atoms with E-state index in [0.717, 1.165) is 0 Å². The Morgan fingerprint density at radius 2 is 1.83 bits per heavy atom. The summed E-state index contributed by atoms with van der Waals surface area (Å²) in [6.45, 7) is 3.38. The molecule has 1 N–H and O–H groups in total. The number of carbonyl (C=O) groups is 2. The molecule has 0 bridgehead atoms. The number of amides is 1. The van der Waals surface area contributed by atoms with Gasteiger partial charge in [-0.25, -0.2) is 0 Å². The first-order valence-electron chi connectivity index (χ1n) is 5.19. The Balaban J connectivity index is 0.00000289. The van der Waals surface area contributed by atoms with Gasteiger partial charge in [-0.3, -0.25) is 4.79 Å². The number of hydrogen-bond acceptors (Lipinski definition) is 3. The normalized spacial score (nSPS) is 11.6. The molecule has 1 atom stereocenters. The minimum absolute atomic E-state index is 0. The zero-order chi connectivity index (χ0) is 13.0. The Kier molecular flexibility index (Phi) is 7.55. The smallest absolute Gasteiger partial charge is 0.548 e. The van der Waals surface area contributed by atoms with E-state index in [4.69, 9.17) is 11.6 Å². The summed E-state index contributed by atoms with van der Waals surface area (Å²) in [7, 11) is 0. The van der Waals surface area contributed by atoms with Crippen LogP contribution in [0.3, 0.4) is 0 Å². The van der Waals surface area contributed by atoms with Gasteiger partial charge in [0.15, 0.2) is 0 Å². The first-order chi connectivity index (χ1) is 7.93. The minimum atomic E-state index is -1.31. The van der Waals surface area contributed by atoms with Crippen molar-refractivity contribution in [1.82, 2.24) is 5.32 Å². The van der Waals surface area contributed by atoms with Crippen LogP contribution in [0.2, 0.25) is 5.02 Å². The number of hydrogen-bond donors (Lipinski definition) is 1. The van der Waals surface area contributed by atoms with Gasteiger partial charge in [-0.2, -0.15) is 0 Å². The molecule has 1 amide bonds. The summed E-state index contributed by atoms with van der Waals surface area (Å²) in [6, 6.07) is 5.42. The van der Waals surface area contributed by atoms with Gasteiger partial charge < -0.3 is 15.2 Å². The molecule has 0 aliphatic heterocycles. The molecule has 1 aromatic carbocycles. The van der Waals surface area contributed by atoms with Crippen LogP contribution in [-0.4, -0.2) is 17.9 Å². The molecule has 4 nitrogen and oxygen atoms in total. The number of aliphatic carboxylic acids is 1. The van der Waals surface area contributed by atoms with E-state index in [1.54, 1.807) is 32.0 Å². The van der Waals surface area contributed by atoms with Crippen LogP contribution in [0, 0.1) is 5.92 Å². The van der Waals surface area contributed by atoms with E-state index in [1.807, 2.05) is 0 Å². The van der Waals surface area contributed by atoms with Gasteiger partial charge in [-0.15, -0.1) is 0 Å². The van der Waals surface area contributed by atoms with E-state index >= 15 is 0 Å². The second kappa shape index (κ2) is 7.79. The molecule has 0 fully saturated rings.